The Balaban J connectivity index is 1.01. The zero-order chi connectivity index (χ0) is 38.4. The molecule has 2 heteroatoms. The molecule has 0 saturated heterocycles. The van der Waals surface area contributed by atoms with E-state index >= 15 is 0 Å². The fourth-order valence-corrected chi connectivity index (χ4v) is 8.65. The Morgan fingerprint density at radius 1 is 0.293 bits per heavy atom. The third kappa shape index (κ3) is 5.91. The van der Waals surface area contributed by atoms with E-state index in [2.05, 4.69) is 229 Å². The molecule has 0 unspecified atom stereocenters. The topological polar surface area (TPSA) is 12.5 Å². The van der Waals surface area contributed by atoms with E-state index in [0.717, 1.165) is 50.6 Å². The van der Waals surface area contributed by atoms with Crippen LogP contribution in [-0.4, -0.2) is 0 Å². The van der Waals surface area contributed by atoms with Crippen molar-refractivity contribution in [1.29, 1.82) is 0 Å². The van der Waals surface area contributed by atoms with Gasteiger partial charge in [-0.1, -0.05) is 170 Å². The standard InChI is InChI=1S/C56H37NO/c1-3-13-39(14-4-1)48-33-29-44(36-51(48)41-15-5-2-6-16-41)38-27-31-46(32-28-38)57(53-25-11-18-40-17-7-8-23-49(40)53)47-22-9-21-43(35-47)45-30-34-54-52(37-45)50-24-10-19-42-20-12-26-55(58-54)56(42)50/h1-37H. The van der Waals surface area contributed by atoms with Gasteiger partial charge in [-0.3, -0.25) is 0 Å². The average Bonchev–Trinajstić information content (AvgIpc) is 3.30. The van der Waals surface area contributed by atoms with Gasteiger partial charge in [0.1, 0.15) is 11.5 Å². The minimum atomic E-state index is 0.883. The van der Waals surface area contributed by atoms with Gasteiger partial charge in [-0.25, -0.2) is 0 Å². The van der Waals surface area contributed by atoms with Crippen molar-refractivity contribution in [2.24, 2.45) is 0 Å². The summed E-state index contributed by atoms with van der Waals surface area (Å²) < 4.78 is 6.45. The summed E-state index contributed by atoms with van der Waals surface area (Å²) in [5.74, 6) is 1.79. The summed E-state index contributed by atoms with van der Waals surface area (Å²) in [6, 6.07) is 80.7. The Morgan fingerprint density at radius 3 is 1.71 bits per heavy atom. The number of hydrogen-bond acceptors (Lipinski definition) is 2. The van der Waals surface area contributed by atoms with Gasteiger partial charge in [0.25, 0.3) is 0 Å². The summed E-state index contributed by atoms with van der Waals surface area (Å²) in [6.07, 6.45) is 0. The molecule has 1 aliphatic heterocycles. The predicted octanol–water partition coefficient (Wildman–Crippen LogP) is 15.9. The van der Waals surface area contributed by atoms with Crippen molar-refractivity contribution in [3.8, 4) is 67.1 Å². The highest BCUT2D eigenvalue weighted by atomic mass is 16.5. The monoisotopic (exact) mass is 739 g/mol. The lowest BCUT2D eigenvalue weighted by Crippen LogP contribution is -2.10. The summed E-state index contributed by atoms with van der Waals surface area (Å²) in [7, 11) is 0. The van der Waals surface area contributed by atoms with Gasteiger partial charge in [0.15, 0.2) is 0 Å². The molecular weight excluding hydrogens is 703 g/mol. The first-order valence-corrected chi connectivity index (χ1v) is 19.8. The molecule has 11 rings (SSSR count). The molecule has 58 heavy (non-hydrogen) atoms. The number of benzene rings is 10. The fraction of sp³-hybridized carbons (Fsp3) is 0. The van der Waals surface area contributed by atoms with E-state index in [9.17, 15) is 0 Å². The molecule has 0 atom stereocenters. The molecule has 0 spiro atoms. The molecule has 0 saturated carbocycles. The normalized spacial score (nSPS) is 11.6. The molecular formula is C56H37NO. The number of anilines is 3. The van der Waals surface area contributed by atoms with Gasteiger partial charge in [0.2, 0.25) is 0 Å². The van der Waals surface area contributed by atoms with E-state index < -0.39 is 0 Å². The summed E-state index contributed by atoms with van der Waals surface area (Å²) in [6.45, 7) is 0. The number of hydrogen-bond donors (Lipinski definition) is 0. The molecule has 0 amide bonds. The van der Waals surface area contributed by atoms with E-state index in [4.69, 9.17) is 4.74 Å². The van der Waals surface area contributed by atoms with Gasteiger partial charge in [0.05, 0.1) is 5.69 Å². The first kappa shape index (κ1) is 33.6. The Hall–Kier alpha value is -7.68. The molecule has 272 valence electrons. The van der Waals surface area contributed by atoms with Crippen molar-refractivity contribution >= 4 is 38.6 Å². The van der Waals surface area contributed by atoms with Crippen molar-refractivity contribution in [3.05, 3.63) is 224 Å². The van der Waals surface area contributed by atoms with E-state index in [0.29, 0.717) is 0 Å². The molecule has 1 heterocycles. The van der Waals surface area contributed by atoms with Crippen LogP contribution in [0, 0.1) is 0 Å². The highest BCUT2D eigenvalue weighted by Crippen LogP contribution is 2.48. The van der Waals surface area contributed by atoms with Crippen LogP contribution in [0.15, 0.2) is 224 Å². The summed E-state index contributed by atoms with van der Waals surface area (Å²) in [5, 5.41) is 4.75. The Kier molecular flexibility index (Phi) is 8.19. The van der Waals surface area contributed by atoms with Crippen molar-refractivity contribution < 1.29 is 4.74 Å². The third-order valence-electron chi connectivity index (χ3n) is 11.4. The average molecular weight is 740 g/mol. The molecule has 1 aliphatic rings. The van der Waals surface area contributed by atoms with E-state index in [1.54, 1.807) is 0 Å². The smallest absolute Gasteiger partial charge is 0.135 e. The first-order valence-electron chi connectivity index (χ1n) is 19.8. The summed E-state index contributed by atoms with van der Waals surface area (Å²) >= 11 is 0. The lowest BCUT2D eigenvalue weighted by Gasteiger charge is -2.28. The van der Waals surface area contributed by atoms with Gasteiger partial charge in [0, 0.05) is 27.7 Å². The first-order chi connectivity index (χ1) is 28.7. The van der Waals surface area contributed by atoms with Crippen LogP contribution in [0.4, 0.5) is 17.1 Å². The van der Waals surface area contributed by atoms with Crippen LogP contribution >= 0.6 is 0 Å². The van der Waals surface area contributed by atoms with Gasteiger partial charge in [-0.05, 0) is 115 Å². The van der Waals surface area contributed by atoms with Crippen molar-refractivity contribution in [2.75, 3.05) is 4.90 Å². The highest BCUT2D eigenvalue weighted by molar-refractivity contribution is 6.05. The highest BCUT2D eigenvalue weighted by Gasteiger charge is 2.21. The molecule has 0 bridgehead atoms. The molecule has 0 N–H and O–H groups in total. The molecule has 0 radical (unpaired) electrons. The van der Waals surface area contributed by atoms with Gasteiger partial charge >= 0.3 is 0 Å². The maximum atomic E-state index is 6.45. The van der Waals surface area contributed by atoms with Gasteiger partial charge in [-0.15, -0.1) is 0 Å². The van der Waals surface area contributed by atoms with Crippen molar-refractivity contribution in [2.45, 2.75) is 0 Å². The van der Waals surface area contributed by atoms with Gasteiger partial charge in [-0.2, -0.15) is 0 Å². The molecule has 0 aromatic heterocycles. The van der Waals surface area contributed by atoms with E-state index in [1.165, 1.54) is 55.1 Å². The molecule has 2 nitrogen and oxygen atoms in total. The lowest BCUT2D eigenvalue weighted by atomic mass is 9.91. The zero-order valence-corrected chi connectivity index (χ0v) is 31.7. The molecule has 10 aromatic carbocycles. The number of fused-ring (bicyclic) bond motifs is 3. The summed E-state index contributed by atoms with van der Waals surface area (Å²) in [4.78, 5) is 2.39. The predicted molar refractivity (Wildman–Crippen MR) is 243 cm³/mol. The van der Waals surface area contributed by atoms with E-state index in [-0.39, 0.29) is 0 Å². The number of rotatable bonds is 7. The quantitative estimate of drug-likeness (QED) is 0.161. The second-order valence-electron chi connectivity index (χ2n) is 14.9. The second kappa shape index (κ2) is 14.1. The number of ether oxygens (including phenoxy) is 1. The van der Waals surface area contributed by atoms with Crippen molar-refractivity contribution in [1.82, 2.24) is 0 Å². The van der Waals surface area contributed by atoms with E-state index in [1.807, 2.05) is 0 Å². The molecule has 10 aromatic rings. The van der Waals surface area contributed by atoms with Crippen molar-refractivity contribution in [3.63, 3.8) is 0 Å². The SMILES string of the molecule is c1ccc(-c2ccc(-c3ccc(N(c4cccc(-c5ccc6c(c5)-c5cccc7cccc(c57)O6)c4)c4cccc5ccccc45)cc3)cc2-c2ccccc2)cc1. The number of nitrogens with zero attached hydrogens (tertiary/aromatic N) is 1. The minimum absolute atomic E-state index is 0.883. The maximum absolute atomic E-state index is 6.45. The van der Waals surface area contributed by atoms with Crippen LogP contribution in [0.25, 0.3) is 77.2 Å². The third-order valence-corrected chi connectivity index (χ3v) is 11.4. The largest absolute Gasteiger partial charge is 0.456 e. The maximum Gasteiger partial charge on any atom is 0.135 e. The Bertz CT molecular complexity index is 3120. The van der Waals surface area contributed by atoms with Gasteiger partial charge < -0.3 is 9.64 Å². The fourth-order valence-electron chi connectivity index (χ4n) is 8.65. The van der Waals surface area contributed by atoms with Crippen LogP contribution < -0.4 is 9.64 Å². The second-order valence-corrected chi connectivity index (χ2v) is 14.9. The molecule has 0 fully saturated rings. The lowest BCUT2D eigenvalue weighted by molar-refractivity contribution is 0.487. The Labute approximate surface area is 338 Å². The van der Waals surface area contributed by atoms with Crippen LogP contribution in [-0.2, 0) is 0 Å². The summed E-state index contributed by atoms with van der Waals surface area (Å²) in [5.41, 5.74) is 15.1. The molecule has 0 aliphatic carbocycles. The minimum Gasteiger partial charge on any atom is -0.456 e. The van der Waals surface area contributed by atoms with Crippen LogP contribution in [0.1, 0.15) is 0 Å². The van der Waals surface area contributed by atoms with Crippen LogP contribution in [0.3, 0.4) is 0 Å². The zero-order valence-electron chi connectivity index (χ0n) is 31.7. The van der Waals surface area contributed by atoms with Crippen LogP contribution in [0.2, 0.25) is 0 Å². The van der Waals surface area contributed by atoms with Crippen LogP contribution in [0.5, 0.6) is 11.5 Å². The Morgan fingerprint density at radius 2 is 0.879 bits per heavy atom.